The number of rotatable bonds is 10. The Labute approximate surface area is 158 Å². The first-order chi connectivity index (χ1) is 12.7. The van der Waals surface area contributed by atoms with E-state index in [9.17, 15) is 0 Å². The highest BCUT2D eigenvalue weighted by Crippen LogP contribution is 2.18. The second-order valence-corrected chi connectivity index (χ2v) is 6.50. The Kier molecular flexibility index (Phi) is 9.28. The molecule has 1 aliphatic rings. The smallest absolute Gasteiger partial charge is 0.191 e. The number of ether oxygens (including phenoxy) is 2. The van der Waals surface area contributed by atoms with E-state index in [0.29, 0.717) is 0 Å². The maximum atomic E-state index is 5.77. The summed E-state index contributed by atoms with van der Waals surface area (Å²) in [6.45, 7) is 10.3. The molecule has 1 atom stereocenters. The van der Waals surface area contributed by atoms with Gasteiger partial charge in [0.2, 0.25) is 0 Å². The summed E-state index contributed by atoms with van der Waals surface area (Å²) in [5.41, 5.74) is 2.61. The van der Waals surface area contributed by atoms with Gasteiger partial charge in [-0.1, -0.05) is 18.2 Å². The van der Waals surface area contributed by atoms with Gasteiger partial charge in [0, 0.05) is 52.1 Å². The first kappa shape index (κ1) is 20.5. The molecule has 1 fully saturated rings. The third kappa shape index (κ3) is 6.84. The highest BCUT2D eigenvalue weighted by Gasteiger charge is 2.15. The van der Waals surface area contributed by atoms with Crippen LogP contribution in [0.4, 0.5) is 5.69 Å². The molecule has 1 heterocycles. The zero-order chi connectivity index (χ0) is 18.6. The Morgan fingerprint density at radius 1 is 1.31 bits per heavy atom. The largest absolute Gasteiger partial charge is 0.379 e. The van der Waals surface area contributed by atoms with Crippen molar-refractivity contribution < 1.29 is 9.47 Å². The molecule has 1 aliphatic heterocycles. The van der Waals surface area contributed by atoms with Gasteiger partial charge in [-0.3, -0.25) is 4.99 Å². The molecule has 2 rings (SSSR count). The lowest BCUT2D eigenvalue weighted by Gasteiger charge is -2.25. The van der Waals surface area contributed by atoms with Crippen LogP contribution in [0.2, 0.25) is 0 Å². The van der Waals surface area contributed by atoms with E-state index in [-0.39, 0.29) is 6.10 Å². The van der Waals surface area contributed by atoms with Gasteiger partial charge in [0.15, 0.2) is 5.96 Å². The summed E-state index contributed by atoms with van der Waals surface area (Å²) in [4.78, 5) is 6.67. The fraction of sp³-hybridized carbons (Fsp3) is 0.650. The molecule has 6 nitrogen and oxygen atoms in total. The molecular weight excluding hydrogens is 328 g/mol. The van der Waals surface area contributed by atoms with E-state index in [1.807, 2.05) is 0 Å². The lowest BCUT2D eigenvalue weighted by molar-refractivity contribution is 0.0420. The summed E-state index contributed by atoms with van der Waals surface area (Å²) in [5, 5.41) is 6.74. The number of nitrogens with one attached hydrogen (secondary N) is 2. The summed E-state index contributed by atoms with van der Waals surface area (Å²) < 4.78 is 11.1. The maximum Gasteiger partial charge on any atom is 0.191 e. The third-order valence-corrected chi connectivity index (χ3v) is 4.59. The van der Waals surface area contributed by atoms with Crippen molar-refractivity contribution >= 4 is 11.6 Å². The molecule has 0 bridgehead atoms. The minimum atomic E-state index is 0.286. The number of aliphatic imine (C=N–C) groups is 1. The minimum Gasteiger partial charge on any atom is -0.379 e. The summed E-state index contributed by atoms with van der Waals surface area (Å²) >= 11 is 0. The molecule has 1 unspecified atom stereocenters. The van der Waals surface area contributed by atoms with Gasteiger partial charge in [0.25, 0.3) is 0 Å². The second-order valence-electron chi connectivity index (χ2n) is 6.50. The maximum absolute atomic E-state index is 5.77. The number of benzene rings is 1. The van der Waals surface area contributed by atoms with Crippen LogP contribution in [0.25, 0.3) is 0 Å². The van der Waals surface area contributed by atoms with Crippen molar-refractivity contribution in [3.63, 3.8) is 0 Å². The molecule has 0 amide bonds. The van der Waals surface area contributed by atoms with Gasteiger partial charge in [-0.15, -0.1) is 0 Å². The van der Waals surface area contributed by atoms with E-state index in [1.54, 1.807) is 7.05 Å². The van der Waals surface area contributed by atoms with Crippen LogP contribution < -0.4 is 15.5 Å². The number of hydrogen-bond acceptors (Lipinski definition) is 4. The van der Waals surface area contributed by atoms with E-state index >= 15 is 0 Å². The predicted octanol–water partition coefficient (Wildman–Crippen LogP) is 2.18. The van der Waals surface area contributed by atoms with Gasteiger partial charge >= 0.3 is 0 Å². The van der Waals surface area contributed by atoms with Gasteiger partial charge in [-0.05, 0) is 38.3 Å². The Morgan fingerprint density at radius 3 is 2.81 bits per heavy atom. The molecule has 146 valence electrons. The Morgan fingerprint density at radius 2 is 2.12 bits per heavy atom. The fourth-order valence-electron chi connectivity index (χ4n) is 3.07. The molecule has 1 aromatic rings. The van der Waals surface area contributed by atoms with E-state index in [0.717, 1.165) is 64.8 Å². The predicted molar refractivity (Wildman–Crippen MR) is 108 cm³/mol. The van der Waals surface area contributed by atoms with Crippen LogP contribution in [0.3, 0.4) is 0 Å². The van der Waals surface area contributed by atoms with E-state index < -0.39 is 0 Å². The minimum absolute atomic E-state index is 0.286. The van der Waals surface area contributed by atoms with Crippen LogP contribution in [0.1, 0.15) is 25.3 Å². The Bertz CT molecular complexity index is 544. The van der Waals surface area contributed by atoms with Crippen molar-refractivity contribution in [2.75, 3.05) is 57.9 Å². The lowest BCUT2D eigenvalue weighted by atomic mass is 10.2. The number of anilines is 1. The third-order valence-electron chi connectivity index (χ3n) is 4.59. The molecule has 1 aromatic carbocycles. The van der Waals surface area contributed by atoms with Crippen molar-refractivity contribution in [1.82, 2.24) is 10.6 Å². The van der Waals surface area contributed by atoms with Gasteiger partial charge < -0.3 is 25.0 Å². The summed E-state index contributed by atoms with van der Waals surface area (Å²) in [5.74, 6) is 0.843. The molecule has 0 spiro atoms. The van der Waals surface area contributed by atoms with E-state index in [4.69, 9.17) is 9.47 Å². The van der Waals surface area contributed by atoms with Crippen molar-refractivity contribution in [1.29, 1.82) is 0 Å². The highest BCUT2D eigenvalue weighted by atomic mass is 16.5. The molecule has 2 N–H and O–H groups in total. The highest BCUT2D eigenvalue weighted by molar-refractivity contribution is 5.79. The first-order valence-electron chi connectivity index (χ1n) is 9.69. The fourth-order valence-corrected chi connectivity index (χ4v) is 3.07. The van der Waals surface area contributed by atoms with E-state index in [1.165, 1.54) is 11.3 Å². The molecule has 0 saturated carbocycles. The van der Waals surface area contributed by atoms with Crippen molar-refractivity contribution in [3.05, 3.63) is 29.8 Å². The van der Waals surface area contributed by atoms with Crippen LogP contribution in [-0.2, 0) is 9.47 Å². The van der Waals surface area contributed by atoms with Gasteiger partial charge in [-0.25, -0.2) is 0 Å². The monoisotopic (exact) mass is 362 g/mol. The topological polar surface area (TPSA) is 58.1 Å². The standard InChI is InChI=1S/C20H34N4O2/c1-4-24(19-9-6-5-8-17(19)2)13-12-23-20(21-3)22-11-7-14-26-18-10-15-25-16-18/h5-6,8-9,18H,4,7,10-16H2,1-3H3,(H2,21,22,23). The number of nitrogens with zero attached hydrogens (tertiary/aromatic N) is 2. The summed E-state index contributed by atoms with van der Waals surface area (Å²) in [7, 11) is 1.81. The van der Waals surface area contributed by atoms with Gasteiger partial charge in [0.1, 0.15) is 0 Å². The van der Waals surface area contributed by atoms with Crippen LogP contribution in [0.5, 0.6) is 0 Å². The molecular formula is C20H34N4O2. The molecule has 1 saturated heterocycles. The van der Waals surface area contributed by atoms with Crippen molar-refractivity contribution in [3.8, 4) is 0 Å². The first-order valence-corrected chi connectivity index (χ1v) is 9.69. The zero-order valence-electron chi connectivity index (χ0n) is 16.5. The Balaban J connectivity index is 1.62. The normalized spacial score (nSPS) is 17.3. The van der Waals surface area contributed by atoms with E-state index in [2.05, 4.69) is 58.6 Å². The molecule has 26 heavy (non-hydrogen) atoms. The van der Waals surface area contributed by atoms with Gasteiger partial charge in [-0.2, -0.15) is 0 Å². The molecule has 0 aromatic heterocycles. The Hall–Kier alpha value is -1.79. The van der Waals surface area contributed by atoms with Crippen molar-refractivity contribution in [2.24, 2.45) is 4.99 Å². The van der Waals surface area contributed by atoms with Crippen LogP contribution in [0, 0.1) is 6.92 Å². The summed E-state index contributed by atoms with van der Waals surface area (Å²) in [6, 6.07) is 8.52. The number of para-hydroxylation sites is 1. The number of hydrogen-bond donors (Lipinski definition) is 2. The van der Waals surface area contributed by atoms with Crippen LogP contribution in [0.15, 0.2) is 29.3 Å². The van der Waals surface area contributed by atoms with Gasteiger partial charge in [0.05, 0.1) is 12.7 Å². The average Bonchev–Trinajstić information content (AvgIpc) is 3.17. The number of likely N-dealkylation sites (N-methyl/N-ethyl adjacent to an activating group) is 1. The average molecular weight is 363 g/mol. The summed E-state index contributed by atoms with van der Waals surface area (Å²) in [6.07, 6.45) is 2.27. The molecule has 0 aliphatic carbocycles. The van der Waals surface area contributed by atoms with Crippen LogP contribution in [-0.4, -0.2) is 65.1 Å². The lowest BCUT2D eigenvalue weighted by Crippen LogP contribution is -2.42. The second kappa shape index (κ2) is 11.8. The van der Waals surface area contributed by atoms with Crippen molar-refractivity contribution in [2.45, 2.75) is 32.8 Å². The molecule has 0 radical (unpaired) electrons. The number of aryl methyl sites for hydroxylation is 1. The van der Waals surface area contributed by atoms with Crippen LogP contribution >= 0.6 is 0 Å². The SMILES string of the molecule is CCN(CCNC(=NC)NCCCOC1CCOC1)c1ccccc1C. The zero-order valence-corrected chi connectivity index (χ0v) is 16.5. The number of guanidine groups is 1. The molecule has 6 heteroatoms. The quantitative estimate of drug-likeness (QED) is 0.380.